The zero-order valence-corrected chi connectivity index (χ0v) is 21.0. The lowest BCUT2D eigenvalue weighted by Crippen LogP contribution is -2.55. The number of hydrogen-bond acceptors (Lipinski definition) is 7. The van der Waals surface area contributed by atoms with Crippen LogP contribution >= 0.6 is 0 Å². The molecule has 2 atom stereocenters. The van der Waals surface area contributed by atoms with E-state index in [1.807, 2.05) is 20.8 Å². The summed E-state index contributed by atoms with van der Waals surface area (Å²) >= 11 is 0. The van der Waals surface area contributed by atoms with Crippen molar-refractivity contribution < 1.29 is 37.8 Å². The molecule has 2 N–H and O–H groups in total. The van der Waals surface area contributed by atoms with Gasteiger partial charge in [0.25, 0.3) is 0 Å². The van der Waals surface area contributed by atoms with E-state index in [2.05, 4.69) is 0 Å². The summed E-state index contributed by atoms with van der Waals surface area (Å²) in [6, 6.07) is 0.730. The van der Waals surface area contributed by atoms with Gasteiger partial charge in [-0.2, -0.15) is 4.48 Å². The van der Waals surface area contributed by atoms with Crippen LogP contribution in [0.15, 0.2) is 12.1 Å². The third-order valence-corrected chi connectivity index (χ3v) is 5.31. The van der Waals surface area contributed by atoms with Crippen molar-refractivity contribution in [2.24, 2.45) is 5.73 Å². The average Bonchev–Trinajstić information content (AvgIpc) is 2.96. The number of hydrogen-bond donors (Lipinski definition) is 1. The normalized spacial score (nSPS) is 21.2. The van der Waals surface area contributed by atoms with Crippen LogP contribution in [-0.4, -0.2) is 68.8 Å². The van der Waals surface area contributed by atoms with Crippen molar-refractivity contribution in [3.63, 3.8) is 0 Å². The quantitative estimate of drug-likeness (QED) is 0.389. The van der Waals surface area contributed by atoms with Crippen LogP contribution < -0.4 is 20.1 Å². The fourth-order valence-electron chi connectivity index (χ4n) is 3.59. The van der Waals surface area contributed by atoms with Gasteiger partial charge in [0.15, 0.2) is 18.6 Å². The van der Waals surface area contributed by atoms with Crippen LogP contribution in [0.4, 0.5) is 15.3 Å². The van der Waals surface area contributed by atoms with Gasteiger partial charge in [0.2, 0.25) is 0 Å². The van der Waals surface area contributed by atoms with Crippen molar-refractivity contribution in [2.45, 2.75) is 58.6 Å². The van der Waals surface area contributed by atoms with Crippen molar-refractivity contribution in [1.29, 1.82) is 0 Å². The summed E-state index contributed by atoms with van der Waals surface area (Å²) in [5, 5.41) is 0. The van der Waals surface area contributed by atoms with Crippen LogP contribution in [0.1, 0.15) is 47.1 Å². The predicted octanol–water partition coefficient (Wildman–Crippen LogP) is 3.15. The SMILES string of the molecule is COCOc1c(N2C(=O)[N+](C)(C(N)=O)C[C@H]2C(=O)OC(C)(C)C)cc(OC)cc1C(C)(C)C. The summed E-state index contributed by atoms with van der Waals surface area (Å²) in [5.74, 6) is 0.136. The van der Waals surface area contributed by atoms with E-state index in [9.17, 15) is 14.4 Å². The first-order valence-electron chi connectivity index (χ1n) is 10.6. The summed E-state index contributed by atoms with van der Waals surface area (Å²) in [6.45, 7) is 10.8. The highest BCUT2D eigenvalue weighted by Crippen LogP contribution is 2.45. The number of primary amides is 1. The lowest BCUT2D eigenvalue weighted by molar-refractivity contribution is -0.733. The van der Waals surface area contributed by atoms with Crippen molar-refractivity contribution in [3.8, 4) is 11.5 Å². The van der Waals surface area contributed by atoms with E-state index >= 15 is 0 Å². The maximum atomic E-state index is 13.6. The number of quaternary nitrogens is 1. The smallest absolute Gasteiger partial charge is 0.433 e. The molecule has 1 aromatic rings. The topological polar surface area (TPSA) is 117 Å². The Labute approximate surface area is 195 Å². The van der Waals surface area contributed by atoms with Crippen molar-refractivity contribution >= 4 is 23.7 Å². The second-order valence-corrected chi connectivity index (χ2v) is 10.2. The van der Waals surface area contributed by atoms with Gasteiger partial charge in [-0.25, -0.2) is 19.3 Å². The first kappa shape index (κ1) is 26.4. The third kappa shape index (κ3) is 5.39. The van der Waals surface area contributed by atoms with Crippen LogP contribution in [0.3, 0.4) is 0 Å². The van der Waals surface area contributed by atoms with Gasteiger partial charge in [-0.05, 0) is 32.3 Å². The van der Waals surface area contributed by atoms with E-state index in [0.717, 1.165) is 5.56 Å². The number of carbonyl (C=O) groups is 3. The molecule has 4 amide bonds. The largest absolute Gasteiger partial charge is 0.497 e. The van der Waals surface area contributed by atoms with Gasteiger partial charge in [-0.1, -0.05) is 20.8 Å². The monoisotopic (exact) mass is 466 g/mol. The number of benzene rings is 1. The molecular formula is C23H36N3O7+. The summed E-state index contributed by atoms with van der Waals surface area (Å²) < 4.78 is 21.3. The highest BCUT2D eigenvalue weighted by atomic mass is 16.7. The minimum atomic E-state index is -1.11. The molecule has 10 nitrogen and oxygen atoms in total. The molecule has 1 aliphatic heterocycles. The maximum Gasteiger partial charge on any atom is 0.433 e. The Kier molecular flexibility index (Phi) is 7.35. The number of likely N-dealkylation sites (N-methyl/N-ethyl adjacent to an activating group) is 1. The van der Waals surface area contributed by atoms with Gasteiger partial charge in [-0.3, -0.25) is 0 Å². The van der Waals surface area contributed by atoms with E-state index in [-0.39, 0.29) is 19.0 Å². The van der Waals surface area contributed by atoms with Gasteiger partial charge in [0.05, 0.1) is 19.8 Å². The van der Waals surface area contributed by atoms with Crippen molar-refractivity contribution in [1.82, 2.24) is 0 Å². The van der Waals surface area contributed by atoms with E-state index in [4.69, 9.17) is 24.7 Å². The molecule has 0 bridgehead atoms. The van der Waals surface area contributed by atoms with Crippen molar-refractivity contribution in [2.75, 3.05) is 39.5 Å². The number of carbonyl (C=O) groups excluding carboxylic acids is 3. The molecule has 184 valence electrons. The predicted molar refractivity (Wildman–Crippen MR) is 122 cm³/mol. The summed E-state index contributed by atoms with van der Waals surface area (Å²) in [4.78, 5) is 40.3. The molecule has 1 saturated heterocycles. The second kappa shape index (κ2) is 9.18. The molecule has 0 saturated carbocycles. The molecule has 0 radical (unpaired) electrons. The van der Waals surface area contributed by atoms with Crippen molar-refractivity contribution in [3.05, 3.63) is 17.7 Å². The Morgan fingerprint density at radius 2 is 1.76 bits per heavy atom. The third-order valence-electron chi connectivity index (χ3n) is 5.31. The van der Waals surface area contributed by atoms with Gasteiger partial charge in [-0.15, -0.1) is 0 Å². The van der Waals surface area contributed by atoms with Crippen LogP contribution in [0.25, 0.3) is 0 Å². The molecule has 1 aromatic carbocycles. The van der Waals surface area contributed by atoms with Crippen LogP contribution in [0, 0.1) is 0 Å². The zero-order chi connectivity index (χ0) is 25.4. The van der Waals surface area contributed by atoms with Crippen LogP contribution in [0.5, 0.6) is 11.5 Å². The summed E-state index contributed by atoms with van der Waals surface area (Å²) in [7, 11) is 4.36. The molecule has 1 unspecified atom stereocenters. The number of methoxy groups -OCH3 is 2. The Morgan fingerprint density at radius 3 is 2.21 bits per heavy atom. The highest BCUT2D eigenvalue weighted by Gasteiger charge is 2.58. The average molecular weight is 467 g/mol. The first-order chi connectivity index (χ1) is 15.1. The van der Waals surface area contributed by atoms with E-state index in [1.165, 1.54) is 26.2 Å². The molecule has 2 rings (SSSR count). The fourth-order valence-corrected chi connectivity index (χ4v) is 3.59. The molecule has 0 spiro atoms. The molecular weight excluding hydrogens is 430 g/mol. The molecule has 0 aromatic heterocycles. The number of nitrogens with two attached hydrogens (primary N) is 1. The number of esters is 1. The Balaban J connectivity index is 2.81. The zero-order valence-electron chi connectivity index (χ0n) is 21.0. The molecule has 1 aliphatic rings. The number of amides is 4. The maximum absolute atomic E-state index is 13.6. The van der Waals surface area contributed by atoms with Gasteiger partial charge in [0.1, 0.15) is 17.9 Å². The molecule has 0 aliphatic carbocycles. The fraction of sp³-hybridized carbons (Fsp3) is 0.609. The highest BCUT2D eigenvalue weighted by molar-refractivity contribution is 6.03. The van der Waals surface area contributed by atoms with Gasteiger partial charge < -0.3 is 24.7 Å². The van der Waals surface area contributed by atoms with Gasteiger partial charge >= 0.3 is 18.0 Å². The summed E-state index contributed by atoms with van der Waals surface area (Å²) in [5.41, 5.74) is 5.36. The van der Waals surface area contributed by atoms with Crippen LogP contribution in [0.2, 0.25) is 0 Å². The molecule has 1 fully saturated rings. The van der Waals surface area contributed by atoms with Gasteiger partial charge in [0, 0.05) is 18.7 Å². The Morgan fingerprint density at radius 1 is 1.15 bits per heavy atom. The Hall–Kier alpha value is -2.85. The molecule has 33 heavy (non-hydrogen) atoms. The lowest BCUT2D eigenvalue weighted by atomic mass is 9.85. The number of rotatable bonds is 6. The number of ether oxygens (including phenoxy) is 4. The standard InChI is InChI=1S/C23H35N3O7/c1-22(2,3)15-10-14(31-9)11-16(18(15)32-13-30-8)25-17(19(27)33-23(4,5)6)12-26(7,20(24)28)21(25)29/h10-11,17H,12-13H2,1-9H3,(H-,24,28)/p+1/t17-,26?/m0/s1. The molecule has 10 heteroatoms. The lowest BCUT2D eigenvalue weighted by Gasteiger charge is -2.30. The van der Waals surface area contributed by atoms with Crippen LogP contribution in [-0.2, 0) is 19.7 Å². The number of anilines is 1. The van der Waals surface area contributed by atoms with E-state index < -0.39 is 39.6 Å². The first-order valence-corrected chi connectivity index (χ1v) is 10.6. The number of urea groups is 2. The van der Waals surface area contributed by atoms with E-state index in [1.54, 1.807) is 32.9 Å². The Bertz CT molecular complexity index is 933. The number of imide groups is 1. The summed E-state index contributed by atoms with van der Waals surface area (Å²) in [6.07, 6.45) is 0. The second-order valence-electron chi connectivity index (χ2n) is 10.2. The van der Waals surface area contributed by atoms with E-state index in [0.29, 0.717) is 11.5 Å². The molecule has 1 heterocycles. The minimum Gasteiger partial charge on any atom is -0.497 e. The minimum absolute atomic E-state index is 0.0938. The number of nitrogens with zero attached hydrogens (tertiary/aromatic N) is 2.